The first kappa shape index (κ1) is 19.7. The summed E-state index contributed by atoms with van der Waals surface area (Å²) in [5.41, 5.74) is 2.59. The van der Waals surface area contributed by atoms with Gasteiger partial charge in [-0.1, -0.05) is 26.8 Å². The highest BCUT2D eigenvalue weighted by Gasteiger charge is 2.26. The van der Waals surface area contributed by atoms with Crippen LogP contribution in [0, 0.1) is 5.41 Å². The van der Waals surface area contributed by atoms with Gasteiger partial charge >= 0.3 is 11.9 Å². The zero-order valence-electron chi connectivity index (χ0n) is 16.8. The van der Waals surface area contributed by atoms with Gasteiger partial charge in [-0.3, -0.25) is 4.79 Å². The molecule has 0 amide bonds. The van der Waals surface area contributed by atoms with Gasteiger partial charge in [0.25, 0.3) is 0 Å². The zero-order chi connectivity index (χ0) is 20.5. The molecule has 6 heteroatoms. The van der Waals surface area contributed by atoms with Crippen molar-refractivity contribution in [1.29, 1.82) is 0 Å². The number of methoxy groups -OCH3 is 2. The van der Waals surface area contributed by atoms with E-state index in [1.54, 1.807) is 24.3 Å². The number of ether oxygens (including phenoxy) is 4. The van der Waals surface area contributed by atoms with Gasteiger partial charge < -0.3 is 18.9 Å². The number of fused-ring (bicyclic) bond motifs is 1. The molecule has 0 unspecified atom stereocenters. The number of carbonyl (C=O) groups excluding carboxylic acids is 2. The Morgan fingerprint density at radius 2 is 1.75 bits per heavy atom. The van der Waals surface area contributed by atoms with E-state index in [1.165, 1.54) is 14.2 Å². The molecule has 0 saturated carbocycles. The largest absolute Gasteiger partial charge is 0.493 e. The average molecular weight is 384 g/mol. The van der Waals surface area contributed by atoms with Crippen LogP contribution >= 0.6 is 0 Å². The first-order chi connectivity index (χ1) is 13.2. The van der Waals surface area contributed by atoms with Gasteiger partial charge in [0.15, 0.2) is 11.5 Å². The van der Waals surface area contributed by atoms with E-state index < -0.39 is 0 Å². The molecular weight excluding hydrogens is 360 g/mol. The topological polar surface area (TPSA) is 71.1 Å². The summed E-state index contributed by atoms with van der Waals surface area (Å²) in [5, 5.41) is 0. The molecule has 0 fully saturated rings. The van der Waals surface area contributed by atoms with E-state index in [2.05, 4.69) is 0 Å². The van der Waals surface area contributed by atoms with Crippen molar-refractivity contribution in [2.75, 3.05) is 14.2 Å². The molecule has 1 aliphatic heterocycles. The standard InChI is InChI=1S/C22H24O6/c1-22(2,3)11-18(23)28-19-15(8-9-17(25-4)20(19)26-5)13-6-7-16-14(10-13)12-27-21(16)24/h6-10H,11-12H2,1-5H3. The molecule has 0 bridgehead atoms. The quantitative estimate of drug-likeness (QED) is 0.563. The number of cyclic esters (lactones) is 1. The Kier molecular flexibility index (Phi) is 5.31. The van der Waals surface area contributed by atoms with Gasteiger partial charge in [0.05, 0.1) is 26.2 Å². The fraction of sp³-hybridized carbons (Fsp3) is 0.364. The highest BCUT2D eigenvalue weighted by Crippen LogP contribution is 2.45. The highest BCUT2D eigenvalue weighted by atomic mass is 16.6. The van der Waals surface area contributed by atoms with E-state index in [-0.39, 0.29) is 30.4 Å². The summed E-state index contributed by atoms with van der Waals surface area (Å²) in [6.45, 7) is 6.13. The Morgan fingerprint density at radius 1 is 1.04 bits per heavy atom. The van der Waals surface area contributed by atoms with Crippen molar-refractivity contribution >= 4 is 11.9 Å². The van der Waals surface area contributed by atoms with Crippen LogP contribution in [0.4, 0.5) is 0 Å². The maximum atomic E-state index is 12.5. The van der Waals surface area contributed by atoms with Crippen molar-refractivity contribution in [3.8, 4) is 28.4 Å². The molecule has 148 valence electrons. The normalized spacial score (nSPS) is 13.0. The number of benzene rings is 2. The molecular formula is C22H24O6. The van der Waals surface area contributed by atoms with Crippen molar-refractivity contribution < 1.29 is 28.5 Å². The lowest BCUT2D eigenvalue weighted by Gasteiger charge is -2.20. The highest BCUT2D eigenvalue weighted by molar-refractivity contribution is 5.94. The van der Waals surface area contributed by atoms with Crippen LogP contribution in [0.5, 0.6) is 17.2 Å². The molecule has 28 heavy (non-hydrogen) atoms. The predicted molar refractivity (Wildman–Crippen MR) is 104 cm³/mol. The monoisotopic (exact) mass is 384 g/mol. The molecule has 0 spiro atoms. The minimum absolute atomic E-state index is 0.214. The number of hydrogen-bond acceptors (Lipinski definition) is 6. The fourth-order valence-corrected chi connectivity index (χ4v) is 3.11. The first-order valence-corrected chi connectivity index (χ1v) is 8.99. The minimum atomic E-state index is -0.361. The lowest BCUT2D eigenvalue weighted by molar-refractivity contribution is -0.136. The molecule has 1 aliphatic rings. The van der Waals surface area contributed by atoms with E-state index in [0.29, 0.717) is 28.4 Å². The molecule has 0 N–H and O–H groups in total. The van der Waals surface area contributed by atoms with E-state index in [0.717, 1.165) is 11.1 Å². The molecule has 6 nitrogen and oxygen atoms in total. The smallest absolute Gasteiger partial charge is 0.338 e. The summed E-state index contributed by atoms with van der Waals surface area (Å²) in [6.07, 6.45) is 0.249. The molecule has 2 aromatic rings. The molecule has 0 saturated heterocycles. The second-order valence-electron chi connectivity index (χ2n) is 7.84. The predicted octanol–water partition coefficient (Wildman–Crippen LogP) is 4.38. The summed E-state index contributed by atoms with van der Waals surface area (Å²) >= 11 is 0. The molecule has 0 atom stereocenters. The van der Waals surface area contributed by atoms with Gasteiger partial charge in [-0.2, -0.15) is 0 Å². The van der Waals surface area contributed by atoms with Gasteiger partial charge in [-0.05, 0) is 35.2 Å². The van der Waals surface area contributed by atoms with Gasteiger partial charge in [0.1, 0.15) is 6.61 Å². The van der Waals surface area contributed by atoms with Crippen LogP contribution in [0.3, 0.4) is 0 Å². The van der Waals surface area contributed by atoms with Crippen LogP contribution in [-0.2, 0) is 16.1 Å². The van der Waals surface area contributed by atoms with Crippen molar-refractivity contribution in [1.82, 2.24) is 0 Å². The molecule has 0 radical (unpaired) electrons. The molecule has 3 rings (SSSR count). The van der Waals surface area contributed by atoms with E-state index in [1.807, 2.05) is 26.8 Å². The average Bonchev–Trinajstić information content (AvgIpc) is 3.00. The van der Waals surface area contributed by atoms with Crippen molar-refractivity contribution in [3.05, 3.63) is 41.5 Å². The fourth-order valence-electron chi connectivity index (χ4n) is 3.11. The lowest BCUT2D eigenvalue weighted by Crippen LogP contribution is -2.18. The lowest BCUT2D eigenvalue weighted by atomic mass is 9.92. The summed E-state index contributed by atoms with van der Waals surface area (Å²) in [5.74, 6) is 0.409. The second-order valence-corrected chi connectivity index (χ2v) is 7.84. The Balaban J connectivity index is 2.08. The maximum absolute atomic E-state index is 12.5. The molecule has 2 aromatic carbocycles. The minimum Gasteiger partial charge on any atom is -0.493 e. The van der Waals surface area contributed by atoms with Gasteiger partial charge in [-0.15, -0.1) is 0 Å². The third kappa shape index (κ3) is 3.96. The van der Waals surface area contributed by atoms with Crippen molar-refractivity contribution in [2.24, 2.45) is 5.41 Å². The summed E-state index contributed by atoms with van der Waals surface area (Å²) in [7, 11) is 3.02. The third-order valence-corrected chi connectivity index (χ3v) is 4.39. The second kappa shape index (κ2) is 7.54. The maximum Gasteiger partial charge on any atom is 0.338 e. The van der Waals surface area contributed by atoms with E-state index in [9.17, 15) is 9.59 Å². The van der Waals surface area contributed by atoms with Crippen molar-refractivity contribution in [3.63, 3.8) is 0 Å². The Hall–Kier alpha value is -3.02. The summed E-state index contributed by atoms with van der Waals surface area (Å²) in [4.78, 5) is 24.2. The Labute approximate surface area is 164 Å². The number of carbonyl (C=O) groups is 2. The van der Waals surface area contributed by atoms with Crippen molar-refractivity contribution in [2.45, 2.75) is 33.8 Å². The number of hydrogen-bond donors (Lipinski definition) is 0. The van der Waals surface area contributed by atoms with Gasteiger partial charge in [0.2, 0.25) is 5.75 Å². The zero-order valence-corrected chi connectivity index (χ0v) is 16.8. The van der Waals surface area contributed by atoms with Crippen LogP contribution in [0.15, 0.2) is 30.3 Å². The van der Waals surface area contributed by atoms with Crippen LogP contribution in [0.1, 0.15) is 43.1 Å². The van der Waals surface area contributed by atoms with Crippen LogP contribution in [0.2, 0.25) is 0 Å². The van der Waals surface area contributed by atoms with E-state index >= 15 is 0 Å². The molecule has 0 aliphatic carbocycles. The number of esters is 2. The van der Waals surface area contributed by atoms with Crippen LogP contribution in [-0.4, -0.2) is 26.2 Å². The number of rotatable bonds is 5. The Morgan fingerprint density at radius 3 is 2.39 bits per heavy atom. The summed E-state index contributed by atoms with van der Waals surface area (Å²) in [6, 6.07) is 8.94. The van der Waals surface area contributed by atoms with Gasteiger partial charge in [0, 0.05) is 11.1 Å². The molecule has 0 aromatic heterocycles. The van der Waals surface area contributed by atoms with Crippen LogP contribution < -0.4 is 14.2 Å². The summed E-state index contributed by atoms with van der Waals surface area (Å²) < 4.78 is 21.7. The van der Waals surface area contributed by atoms with Gasteiger partial charge in [-0.25, -0.2) is 4.79 Å². The van der Waals surface area contributed by atoms with Crippen LogP contribution in [0.25, 0.3) is 11.1 Å². The van der Waals surface area contributed by atoms with E-state index in [4.69, 9.17) is 18.9 Å². The first-order valence-electron chi connectivity index (χ1n) is 8.99. The molecule has 1 heterocycles. The SMILES string of the molecule is COc1ccc(-c2ccc3c(c2)COC3=O)c(OC(=O)CC(C)(C)C)c1OC. The Bertz CT molecular complexity index is 923. The third-order valence-electron chi connectivity index (χ3n) is 4.39.